The molecule has 1 amide bonds. The highest BCUT2D eigenvalue weighted by molar-refractivity contribution is 7.99. The van der Waals surface area contributed by atoms with E-state index in [4.69, 9.17) is 4.74 Å². The first-order valence-corrected chi connectivity index (χ1v) is 7.73. The van der Waals surface area contributed by atoms with E-state index in [9.17, 15) is 9.90 Å². The molecule has 4 nitrogen and oxygen atoms in total. The zero-order valence-corrected chi connectivity index (χ0v) is 12.4. The van der Waals surface area contributed by atoms with E-state index in [-0.39, 0.29) is 12.7 Å². The van der Waals surface area contributed by atoms with Crippen LogP contribution in [0.5, 0.6) is 0 Å². The number of thioether (sulfide) groups is 1. The lowest BCUT2D eigenvalue weighted by atomic mass is 9.88. The van der Waals surface area contributed by atoms with Crippen LogP contribution in [0.1, 0.15) is 33.6 Å². The molecule has 0 aromatic heterocycles. The summed E-state index contributed by atoms with van der Waals surface area (Å²) in [7, 11) is 0. The molecular weight excluding hydrogens is 250 g/mol. The summed E-state index contributed by atoms with van der Waals surface area (Å²) in [6.45, 7) is 6.37. The molecule has 2 N–H and O–H groups in total. The molecule has 5 heteroatoms. The number of aliphatic hydroxyl groups excluding tert-OH is 1. The van der Waals surface area contributed by atoms with Gasteiger partial charge in [-0.15, -0.1) is 0 Å². The smallest absolute Gasteiger partial charge is 0.407 e. The van der Waals surface area contributed by atoms with E-state index in [1.807, 2.05) is 32.5 Å². The lowest BCUT2D eigenvalue weighted by molar-refractivity contribution is 0.0505. The van der Waals surface area contributed by atoms with E-state index in [0.717, 1.165) is 24.3 Å². The Morgan fingerprint density at radius 1 is 1.33 bits per heavy atom. The summed E-state index contributed by atoms with van der Waals surface area (Å²) in [6, 6.07) is 0. The summed E-state index contributed by atoms with van der Waals surface area (Å²) >= 11 is 1.93. The van der Waals surface area contributed by atoms with Gasteiger partial charge in [-0.05, 0) is 57.0 Å². The third-order valence-electron chi connectivity index (χ3n) is 3.07. The second-order valence-electron chi connectivity index (χ2n) is 5.78. The van der Waals surface area contributed by atoms with Crippen molar-refractivity contribution in [2.24, 2.45) is 11.8 Å². The molecule has 0 radical (unpaired) electrons. The minimum atomic E-state index is -0.459. The number of rotatable bonds is 3. The maximum absolute atomic E-state index is 11.6. The van der Waals surface area contributed by atoms with Gasteiger partial charge in [0.15, 0.2) is 0 Å². The summed E-state index contributed by atoms with van der Waals surface area (Å²) < 4.78 is 5.21. The number of ether oxygens (including phenoxy) is 1. The highest BCUT2D eigenvalue weighted by Crippen LogP contribution is 2.27. The summed E-state index contributed by atoms with van der Waals surface area (Å²) in [6.07, 6.45) is 1.71. The molecule has 0 aliphatic carbocycles. The second-order valence-corrected chi connectivity index (χ2v) is 7.00. The van der Waals surface area contributed by atoms with Gasteiger partial charge < -0.3 is 15.2 Å². The normalized spacial score (nSPS) is 25.3. The first-order valence-electron chi connectivity index (χ1n) is 6.58. The van der Waals surface area contributed by atoms with Crippen molar-refractivity contribution < 1.29 is 14.6 Å². The van der Waals surface area contributed by atoms with E-state index in [1.165, 1.54) is 0 Å². The van der Waals surface area contributed by atoms with Gasteiger partial charge in [0, 0.05) is 13.2 Å². The molecule has 0 saturated carbocycles. The number of alkyl carbamates (subject to hydrolysis) is 1. The van der Waals surface area contributed by atoms with Gasteiger partial charge in [0.1, 0.15) is 5.60 Å². The average Bonchev–Trinajstić information content (AvgIpc) is 2.48. The third kappa shape index (κ3) is 5.96. The number of hydrogen-bond acceptors (Lipinski definition) is 4. The minimum Gasteiger partial charge on any atom is -0.444 e. The molecule has 0 aromatic rings. The molecular formula is C13H25NO3S. The fourth-order valence-corrected chi connectivity index (χ4v) is 3.22. The third-order valence-corrected chi connectivity index (χ3v) is 4.12. The monoisotopic (exact) mass is 275 g/mol. The maximum atomic E-state index is 11.6. The number of carbonyl (C=O) groups excluding carboxylic acids is 1. The molecule has 0 aromatic carbocycles. The molecule has 1 rings (SSSR count). The van der Waals surface area contributed by atoms with E-state index in [1.54, 1.807) is 0 Å². The number of hydrogen-bond donors (Lipinski definition) is 2. The fraction of sp³-hybridized carbons (Fsp3) is 0.923. The van der Waals surface area contributed by atoms with Crippen LogP contribution >= 0.6 is 11.8 Å². The molecule has 0 bridgehead atoms. The minimum absolute atomic E-state index is 0.210. The van der Waals surface area contributed by atoms with Crippen LogP contribution in [0.25, 0.3) is 0 Å². The lowest BCUT2D eigenvalue weighted by Gasteiger charge is -2.25. The van der Waals surface area contributed by atoms with Crippen LogP contribution in [0, 0.1) is 11.8 Å². The van der Waals surface area contributed by atoms with Crippen LogP contribution in [0.2, 0.25) is 0 Å². The molecule has 0 unspecified atom stereocenters. The zero-order chi connectivity index (χ0) is 13.6. The highest BCUT2D eigenvalue weighted by Gasteiger charge is 2.24. The molecule has 18 heavy (non-hydrogen) atoms. The van der Waals surface area contributed by atoms with Gasteiger partial charge in [-0.1, -0.05) is 0 Å². The molecule has 1 aliphatic rings. The van der Waals surface area contributed by atoms with Crippen molar-refractivity contribution in [3.63, 3.8) is 0 Å². The predicted octanol–water partition coefficient (Wildman–Crippen LogP) is 2.26. The Labute approximate surface area is 114 Å². The van der Waals surface area contributed by atoms with Crippen molar-refractivity contribution in [2.45, 2.75) is 39.2 Å². The number of carbonyl (C=O) groups is 1. The van der Waals surface area contributed by atoms with Gasteiger partial charge in [0.05, 0.1) is 0 Å². The highest BCUT2D eigenvalue weighted by atomic mass is 32.2. The number of amides is 1. The largest absolute Gasteiger partial charge is 0.444 e. The van der Waals surface area contributed by atoms with Crippen molar-refractivity contribution in [1.82, 2.24) is 5.32 Å². The Bertz CT molecular complexity index is 265. The summed E-state index contributed by atoms with van der Waals surface area (Å²) in [4.78, 5) is 11.6. The summed E-state index contributed by atoms with van der Waals surface area (Å²) in [5.74, 6) is 2.87. The van der Waals surface area contributed by atoms with Crippen LogP contribution < -0.4 is 5.32 Å². The van der Waals surface area contributed by atoms with E-state index < -0.39 is 5.60 Å². The average molecular weight is 275 g/mol. The Hall–Kier alpha value is -0.420. The Morgan fingerprint density at radius 3 is 2.50 bits per heavy atom. The van der Waals surface area contributed by atoms with Crippen molar-refractivity contribution in [1.29, 1.82) is 0 Å². The predicted molar refractivity (Wildman–Crippen MR) is 74.9 cm³/mol. The summed E-state index contributed by atoms with van der Waals surface area (Å²) in [5, 5.41) is 12.2. The van der Waals surface area contributed by atoms with Gasteiger partial charge in [-0.3, -0.25) is 0 Å². The SMILES string of the molecule is CC(C)(C)OC(=O)NC[C@@H]1CCSCC[C@@H]1CO. The Balaban J connectivity index is 2.37. The second kappa shape index (κ2) is 7.24. The molecule has 1 fully saturated rings. The van der Waals surface area contributed by atoms with Crippen LogP contribution in [0.3, 0.4) is 0 Å². The number of nitrogens with one attached hydrogen (secondary N) is 1. The van der Waals surface area contributed by atoms with E-state index in [0.29, 0.717) is 18.4 Å². The first-order chi connectivity index (χ1) is 8.42. The van der Waals surface area contributed by atoms with E-state index >= 15 is 0 Å². The van der Waals surface area contributed by atoms with Crippen molar-refractivity contribution in [2.75, 3.05) is 24.7 Å². The maximum Gasteiger partial charge on any atom is 0.407 e. The van der Waals surface area contributed by atoms with Gasteiger partial charge in [-0.25, -0.2) is 4.79 Å². The van der Waals surface area contributed by atoms with Gasteiger partial charge >= 0.3 is 6.09 Å². The molecule has 1 aliphatic heterocycles. The van der Waals surface area contributed by atoms with Crippen LogP contribution in [-0.2, 0) is 4.74 Å². The quantitative estimate of drug-likeness (QED) is 0.829. The van der Waals surface area contributed by atoms with Gasteiger partial charge in [-0.2, -0.15) is 11.8 Å². The van der Waals surface area contributed by atoms with Gasteiger partial charge in [0.2, 0.25) is 0 Å². The standard InChI is InChI=1S/C13H25NO3S/c1-13(2,3)17-12(16)14-8-10-4-6-18-7-5-11(10)9-15/h10-11,15H,4-9H2,1-3H3,(H,14,16)/t10-,11+/m0/s1. The molecule has 0 spiro atoms. The van der Waals surface area contributed by atoms with Crippen LogP contribution in [0.4, 0.5) is 4.79 Å². The van der Waals surface area contributed by atoms with Crippen molar-refractivity contribution in [3.05, 3.63) is 0 Å². The lowest BCUT2D eigenvalue weighted by Crippen LogP contribution is -2.37. The van der Waals surface area contributed by atoms with Crippen LogP contribution in [0.15, 0.2) is 0 Å². The zero-order valence-electron chi connectivity index (χ0n) is 11.6. The molecule has 2 atom stereocenters. The Kier molecular flexibility index (Phi) is 6.29. The number of aliphatic hydroxyl groups is 1. The topological polar surface area (TPSA) is 58.6 Å². The van der Waals surface area contributed by atoms with Crippen molar-refractivity contribution in [3.8, 4) is 0 Å². The van der Waals surface area contributed by atoms with Crippen LogP contribution in [-0.4, -0.2) is 41.5 Å². The Morgan fingerprint density at radius 2 is 1.94 bits per heavy atom. The summed E-state index contributed by atoms with van der Waals surface area (Å²) in [5.41, 5.74) is -0.459. The van der Waals surface area contributed by atoms with E-state index in [2.05, 4.69) is 5.32 Å². The fourth-order valence-electron chi connectivity index (χ4n) is 2.08. The first kappa shape index (κ1) is 15.6. The van der Waals surface area contributed by atoms with Gasteiger partial charge in [0.25, 0.3) is 0 Å². The molecule has 106 valence electrons. The van der Waals surface area contributed by atoms with Crippen molar-refractivity contribution >= 4 is 17.9 Å². The molecule has 1 heterocycles. The molecule has 1 saturated heterocycles.